The molecule has 6 heteroatoms. The van der Waals surface area contributed by atoms with E-state index < -0.39 is 12.0 Å². The molecule has 31 heavy (non-hydrogen) atoms. The number of hydrogen-bond acceptors (Lipinski definition) is 4. The van der Waals surface area contributed by atoms with Crippen molar-refractivity contribution in [2.75, 3.05) is 7.11 Å². The van der Waals surface area contributed by atoms with Crippen molar-refractivity contribution in [1.29, 1.82) is 0 Å². The Hall–Kier alpha value is -3.93. The number of methoxy groups -OCH3 is 1. The highest BCUT2D eigenvalue weighted by molar-refractivity contribution is 5.89. The largest absolute Gasteiger partial charge is 0.497 e. The lowest BCUT2D eigenvalue weighted by atomic mass is 9.99. The molecular weight excluding hydrogens is 402 g/mol. The van der Waals surface area contributed by atoms with Crippen LogP contribution in [-0.2, 0) is 4.79 Å². The Kier molecular flexibility index (Phi) is 6.82. The Labute approximate surface area is 179 Å². The molecule has 0 fully saturated rings. The predicted octanol–water partition coefficient (Wildman–Crippen LogP) is 6.63. The average Bonchev–Trinajstić information content (AvgIpc) is 2.78. The van der Waals surface area contributed by atoms with Gasteiger partial charge in [-0.2, -0.15) is 8.78 Å². The number of benzene rings is 3. The fraction of sp³-hybridized carbons (Fsp3) is 0.0800. The fourth-order valence-electron chi connectivity index (χ4n) is 2.83. The number of rotatable bonds is 7. The second-order valence-electron chi connectivity index (χ2n) is 6.66. The Morgan fingerprint density at radius 2 is 1.45 bits per heavy atom. The Bertz CT molecular complexity index is 1110. The second kappa shape index (κ2) is 9.71. The number of esters is 1. The second-order valence-corrected chi connectivity index (χ2v) is 6.66. The highest BCUT2D eigenvalue weighted by atomic mass is 19.3. The molecule has 0 aliphatic rings. The lowest BCUT2D eigenvalue weighted by Crippen LogP contribution is -2.07. The van der Waals surface area contributed by atoms with Gasteiger partial charge in [0.1, 0.15) is 17.2 Å². The van der Waals surface area contributed by atoms with Crippen LogP contribution in [0.3, 0.4) is 0 Å². The van der Waals surface area contributed by atoms with E-state index in [0.717, 1.165) is 11.1 Å². The average molecular weight is 422 g/mol. The van der Waals surface area contributed by atoms with Crippen molar-refractivity contribution in [2.45, 2.75) is 6.92 Å². The molecule has 0 unspecified atom stereocenters. The van der Waals surface area contributed by atoms with Crippen LogP contribution in [0.2, 0.25) is 0 Å². The summed E-state index contributed by atoms with van der Waals surface area (Å²) >= 11 is 0. The molecular formula is C25H20F2O4. The molecule has 158 valence electrons. The molecule has 0 saturated heterocycles. The molecule has 0 N–H and O–H groups in total. The molecule has 4 nitrogen and oxygen atoms in total. The van der Waals surface area contributed by atoms with Gasteiger partial charge < -0.3 is 14.2 Å². The maximum atomic E-state index is 12.7. The zero-order chi connectivity index (χ0) is 22.4. The summed E-state index contributed by atoms with van der Waals surface area (Å²) in [5.41, 5.74) is 3.27. The maximum Gasteiger partial charge on any atom is 0.338 e. The van der Waals surface area contributed by atoms with Gasteiger partial charge in [-0.3, -0.25) is 0 Å². The summed E-state index contributed by atoms with van der Waals surface area (Å²) in [6.45, 7) is 5.10. The third kappa shape index (κ3) is 5.57. The minimum atomic E-state index is -1.94. The standard InChI is InChI=1S/C25H20F2O4/c1-16(2)25(28)31-21-11-6-18(7-12-21)22-13-8-19(14-23(22)30-15-24(26)27)17-4-9-20(29-3)10-5-17/h4-15H,1H2,2-3H3. The van der Waals surface area contributed by atoms with Crippen molar-refractivity contribution in [3.8, 4) is 39.5 Å². The summed E-state index contributed by atoms with van der Waals surface area (Å²) in [4.78, 5) is 11.7. The normalized spacial score (nSPS) is 10.2. The molecule has 0 amide bonds. The molecule has 3 aromatic rings. The van der Waals surface area contributed by atoms with Crippen LogP contribution in [0.25, 0.3) is 22.3 Å². The van der Waals surface area contributed by atoms with Crippen LogP contribution >= 0.6 is 0 Å². The van der Waals surface area contributed by atoms with Gasteiger partial charge in [0, 0.05) is 11.1 Å². The maximum absolute atomic E-state index is 12.7. The first-order valence-corrected chi connectivity index (χ1v) is 9.32. The smallest absolute Gasteiger partial charge is 0.338 e. The molecule has 0 aliphatic carbocycles. The van der Waals surface area contributed by atoms with Crippen LogP contribution in [0.1, 0.15) is 6.92 Å². The van der Waals surface area contributed by atoms with Gasteiger partial charge in [0.2, 0.25) is 0 Å². The van der Waals surface area contributed by atoms with Crippen LogP contribution < -0.4 is 14.2 Å². The zero-order valence-corrected chi connectivity index (χ0v) is 17.0. The molecule has 3 aromatic carbocycles. The molecule has 0 atom stereocenters. The van der Waals surface area contributed by atoms with Crippen LogP contribution in [-0.4, -0.2) is 13.1 Å². The summed E-state index contributed by atoms with van der Waals surface area (Å²) in [5.74, 6) is 0.799. The molecule has 0 aliphatic heterocycles. The molecule has 0 bridgehead atoms. The molecule has 0 saturated carbocycles. The summed E-state index contributed by atoms with van der Waals surface area (Å²) in [7, 11) is 1.58. The highest BCUT2D eigenvalue weighted by Gasteiger charge is 2.11. The molecule has 0 radical (unpaired) electrons. The third-order valence-corrected chi connectivity index (χ3v) is 4.40. The summed E-state index contributed by atoms with van der Waals surface area (Å²) < 4.78 is 40.9. The lowest BCUT2D eigenvalue weighted by Gasteiger charge is -2.12. The van der Waals surface area contributed by atoms with E-state index in [1.165, 1.54) is 0 Å². The van der Waals surface area contributed by atoms with Crippen molar-refractivity contribution in [3.63, 3.8) is 0 Å². The number of carbonyl (C=O) groups is 1. The zero-order valence-electron chi connectivity index (χ0n) is 17.0. The van der Waals surface area contributed by atoms with E-state index in [9.17, 15) is 13.6 Å². The highest BCUT2D eigenvalue weighted by Crippen LogP contribution is 2.36. The minimum absolute atomic E-state index is 0.257. The van der Waals surface area contributed by atoms with Crippen molar-refractivity contribution in [2.24, 2.45) is 0 Å². The lowest BCUT2D eigenvalue weighted by molar-refractivity contribution is -0.130. The third-order valence-electron chi connectivity index (χ3n) is 4.40. The van der Waals surface area contributed by atoms with Crippen molar-refractivity contribution < 1.29 is 27.8 Å². The SMILES string of the molecule is C=C(C)C(=O)Oc1ccc(-c2ccc(-c3ccc(OC)cc3)cc2OC=C(F)F)cc1. The Balaban J connectivity index is 1.95. The van der Waals surface area contributed by atoms with E-state index in [1.54, 1.807) is 50.4 Å². The minimum Gasteiger partial charge on any atom is -0.497 e. The first kappa shape index (κ1) is 21.8. The van der Waals surface area contributed by atoms with Gasteiger partial charge in [0.05, 0.1) is 7.11 Å². The van der Waals surface area contributed by atoms with E-state index in [0.29, 0.717) is 28.9 Å². The van der Waals surface area contributed by atoms with E-state index in [2.05, 4.69) is 6.58 Å². The van der Waals surface area contributed by atoms with Gasteiger partial charge >= 0.3 is 12.0 Å². The Morgan fingerprint density at radius 3 is 2.03 bits per heavy atom. The first-order chi connectivity index (χ1) is 14.9. The number of halogens is 2. The molecule has 0 spiro atoms. The molecule has 0 heterocycles. The number of ether oxygens (including phenoxy) is 3. The summed E-state index contributed by atoms with van der Waals surface area (Å²) in [6.07, 6.45) is -1.54. The van der Waals surface area contributed by atoms with Crippen molar-refractivity contribution >= 4 is 5.97 Å². The first-order valence-electron chi connectivity index (χ1n) is 9.32. The van der Waals surface area contributed by atoms with E-state index in [4.69, 9.17) is 14.2 Å². The van der Waals surface area contributed by atoms with Crippen LogP contribution in [0.4, 0.5) is 8.78 Å². The van der Waals surface area contributed by atoms with Crippen LogP contribution in [0.5, 0.6) is 17.2 Å². The van der Waals surface area contributed by atoms with Crippen LogP contribution in [0.15, 0.2) is 91.2 Å². The number of hydrogen-bond donors (Lipinski definition) is 0. The van der Waals surface area contributed by atoms with Gasteiger partial charge in [-0.15, -0.1) is 0 Å². The van der Waals surface area contributed by atoms with E-state index in [-0.39, 0.29) is 11.3 Å². The van der Waals surface area contributed by atoms with Gasteiger partial charge in [-0.1, -0.05) is 43.0 Å². The van der Waals surface area contributed by atoms with Gasteiger partial charge in [-0.25, -0.2) is 4.79 Å². The van der Waals surface area contributed by atoms with E-state index >= 15 is 0 Å². The monoisotopic (exact) mass is 422 g/mol. The fourth-order valence-corrected chi connectivity index (χ4v) is 2.83. The van der Waals surface area contributed by atoms with Gasteiger partial charge in [0.15, 0.2) is 6.26 Å². The van der Waals surface area contributed by atoms with Gasteiger partial charge in [-0.05, 0) is 53.9 Å². The quantitative estimate of drug-likeness (QED) is 0.186. The van der Waals surface area contributed by atoms with E-state index in [1.807, 2.05) is 30.3 Å². The summed E-state index contributed by atoms with van der Waals surface area (Å²) in [6, 6.07) is 19.4. The predicted molar refractivity (Wildman–Crippen MR) is 115 cm³/mol. The molecule has 3 rings (SSSR count). The van der Waals surface area contributed by atoms with Crippen LogP contribution in [0, 0.1) is 0 Å². The summed E-state index contributed by atoms with van der Waals surface area (Å²) in [5, 5.41) is 0. The van der Waals surface area contributed by atoms with Crippen molar-refractivity contribution in [3.05, 3.63) is 91.2 Å². The topological polar surface area (TPSA) is 44.8 Å². The van der Waals surface area contributed by atoms with Gasteiger partial charge in [0.25, 0.3) is 0 Å². The van der Waals surface area contributed by atoms with Crippen molar-refractivity contribution in [1.82, 2.24) is 0 Å². The number of carbonyl (C=O) groups excluding carboxylic acids is 1. The Morgan fingerprint density at radius 1 is 0.871 bits per heavy atom. The molecule has 0 aromatic heterocycles.